The van der Waals surface area contributed by atoms with Crippen LogP contribution in [-0.4, -0.2) is 24.1 Å². The molecule has 0 fully saturated rings. The third-order valence-electron chi connectivity index (χ3n) is 2.83. The van der Waals surface area contributed by atoms with E-state index in [1.165, 1.54) is 12.3 Å². The zero-order valence-electron chi connectivity index (χ0n) is 12.7. The summed E-state index contributed by atoms with van der Waals surface area (Å²) in [5.74, 6) is -0.713. The normalized spacial score (nSPS) is 11.4. The van der Waals surface area contributed by atoms with E-state index >= 15 is 0 Å². The van der Waals surface area contributed by atoms with Crippen molar-refractivity contribution in [2.24, 2.45) is 5.10 Å². The lowest BCUT2D eigenvalue weighted by atomic mass is 10.2. The van der Waals surface area contributed by atoms with Gasteiger partial charge < -0.3 is 9.73 Å². The summed E-state index contributed by atoms with van der Waals surface area (Å²) < 4.78 is 4.92. The predicted octanol–water partition coefficient (Wildman–Crippen LogP) is 2.21. The van der Waals surface area contributed by atoms with E-state index in [0.717, 1.165) is 5.56 Å². The highest BCUT2D eigenvalue weighted by Gasteiger charge is 2.09. The lowest BCUT2D eigenvalue weighted by Gasteiger charge is -2.02. The largest absolute Gasteiger partial charge is 0.459 e. The summed E-state index contributed by atoms with van der Waals surface area (Å²) in [5.41, 5.74) is 4.05. The molecule has 2 amide bonds. The molecule has 6 nitrogen and oxygen atoms in total. The third kappa shape index (κ3) is 5.62. The van der Waals surface area contributed by atoms with Crippen LogP contribution in [-0.2, 0) is 4.79 Å². The second kappa shape index (κ2) is 8.33. The van der Waals surface area contributed by atoms with Crippen LogP contribution in [0.15, 0.2) is 64.3 Å². The number of carbonyl (C=O) groups is 2. The first-order valence-corrected chi connectivity index (χ1v) is 7.03. The highest BCUT2D eigenvalue weighted by atomic mass is 16.3. The molecule has 0 spiro atoms. The van der Waals surface area contributed by atoms with E-state index < -0.39 is 11.8 Å². The van der Waals surface area contributed by atoms with Gasteiger partial charge in [0.05, 0.1) is 18.5 Å². The van der Waals surface area contributed by atoms with E-state index in [9.17, 15) is 9.59 Å². The van der Waals surface area contributed by atoms with Crippen LogP contribution >= 0.6 is 0 Å². The molecule has 2 rings (SSSR count). The van der Waals surface area contributed by atoms with Crippen molar-refractivity contribution in [3.63, 3.8) is 0 Å². The number of furan rings is 1. The van der Waals surface area contributed by atoms with Crippen molar-refractivity contribution in [3.8, 4) is 0 Å². The molecule has 1 aromatic heterocycles. The Balaban J connectivity index is 1.76. The molecule has 1 heterocycles. The van der Waals surface area contributed by atoms with E-state index in [1.807, 2.05) is 36.4 Å². The maximum Gasteiger partial charge on any atom is 0.287 e. The number of hydrazone groups is 1. The monoisotopic (exact) mass is 311 g/mol. The fourth-order valence-electron chi connectivity index (χ4n) is 1.66. The number of nitrogens with one attached hydrogen (secondary N) is 2. The van der Waals surface area contributed by atoms with E-state index in [4.69, 9.17) is 4.42 Å². The Morgan fingerprint density at radius 1 is 1.17 bits per heavy atom. The molecule has 0 unspecified atom stereocenters. The minimum absolute atomic E-state index is 0.156. The van der Waals surface area contributed by atoms with Gasteiger partial charge in [-0.3, -0.25) is 9.59 Å². The molecule has 1 aromatic carbocycles. The van der Waals surface area contributed by atoms with Crippen LogP contribution < -0.4 is 10.7 Å². The molecule has 0 atom stereocenters. The Morgan fingerprint density at radius 2 is 1.96 bits per heavy atom. The Kier molecular flexibility index (Phi) is 5.88. The Labute approximate surface area is 133 Å². The van der Waals surface area contributed by atoms with Crippen molar-refractivity contribution in [1.29, 1.82) is 0 Å². The van der Waals surface area contributed by atoms with E-state index in [1.54, 1.807) is 19.1 Å². The van der Waals surface area contributed by atoms with Crippen molar-refractivity contribution in [2.45, 2.75) is 6.92 Å². The standard InChI is InChI=1S/C17H17N3O3/c1-13(9-10-14-6-3-2-4-7-14)19-20-16(21)12-18-17(22)15-8-5-11-23-15/h2-11H,12H2,1H3,(H,18,22)(H,20,21)/b10-9+,19-13-. The van der Waals surface area contributed by atoms with Crippen molar-refractivity contribution in [2.75, 3.05) is 6.54 Å². The lowest BCUT2D eigenvalue weighted by molar-refractivity contribution is -0.120. The summed E-state index contributed by atoms with van der Waals surface area (Å²) in [6.07, 6.45) is 5.07. The fraction of sp³-hybridized carbons (Fsp3) is 0.118. The molecule has 0 saturated heterocycles. The van der Waals surface area contributed by atoms with Crippen molar-refractivity contribution < 1.29 is 14.0 Å². The number of carbonyl (C=O) groups excluding carboxylic acids is 2. The van der Waals surface area contributed by atoms with Crippen LogP contribution in [0, 0.1) is 0 Å². The first-order valence-electron chi connectivity index (χ1n) is 7.03. The quantitative estimate of drug-likeness (QED) is 0.634. The molecule has 0 aliphatic carbocycles. The van der Waals surface area contributed by atoms with E-state index in [-0.39, 0.29) is 12.3 Å². The topological polar surface area (TPSA) is 83.7 Å². The van der Waals surface area contributed by atoms with Gasteiger partial charge in [-0.05, 0) is 30.7 Å². The summed E-state index contributed by atoms with van der Waals surface area (Å²) in [6, 6.07) is 12.9. The second-order valence-electron chi connectivity index (χ2n) is 4.69. The van der Waals surface area contributed by atoms with Gasteiger partial charge in [0, 0.05) is 0 Å². The average molecular weight is 311 g/mol. The number of benzene rings is 1. The molecule has 118 valence electrons. The van der Waals surface area contributed by atoms with Gasteiger partial charge in [0.15, 0.2) is 5.76 Å². The summed E-state index contributed by atoms with van der Waals surface area (Å²) >= 11 is 0. The molecule has 0 radical (unpaired) electrons. The Morgan fingerprint density at radius 3 is 2.65 bits per heavy atom. The maximum absolute atomic E-state index is 11.6. The molecule has 0 aliphatic heterocycles. The van der Waals surface area contributed by atoms with E-state index in [0.29, 0.717) is 5.71 Å². The van der Waals surface area contributed by atoms with Gasteiger partial charge in [0.1, 0.15) is 0 Å². The molecule has 6 heteroatoms. The van der Waals surface area contributed by atoms with Gasteiger partial charge in [-0.25, -0.2) is 5.43 Å². The van der Waals surface area contributed by atoms with Gasteiger partial charge >= 0.3 is 0 Å². The number of allylic oxidation sites excluding steroid dienone is 1. The second-order valence-corrected chi connectivity index (χ2v) is 4.69. The summed E-state index contributed by atoms with van der Waals surface area (Å²) in [6.45, 7) is 1.58. The highest BCUT2D eigenvalue weighted by molar-refractivity contribution is 5.97. The molecule has 0 bridgehead atoms. The number of hydrogen-bond acceptors (Lipinski definition) is 4. The molecular formula is C17H17N3O3. The smallest absolute Gasteiger partial charge is 0.287 e. The van der Waals surface area contributed by atoms with Gasteiger partial charge in [-0.15, -0.1) is 0 Å². The Hall–Kier alpha value is -3.15. The lowest BCUT2D eigenvalue weighted by Crippen LogP contribution is -2.35. The molecule has 2 aromatic rings. The number of nitrogens with zero attached hydrogens (tertiary/aromatic N) is 1. The van der Waals surface area contributed by atoms with Crippen molar-refractivity contribution in [1.82, 2.24) is 10.7 Å². The van der Waals surface area contributed by atoms with Crippen LogP contribution in [0.2, 0.25) is 0 Å². The van der Waals surface area contributed by atoms with Crippen LogP contribution in [0.25, 0.3) is 6.08 Å². The van der Waals surface area contributed by atoms with Gasteiger partial charge in [-0.2, -0.15) is 5.10 Å². The summed E-state index contributed by atoms with van der Waals surface area (Å²) in [4.78, 5) is 23.2. The average Bonchev–Trinajstić information content (AvgIpc) is 3.11. The maximum atomic E-state index is 11.6. The first-order chi connectivity index (χ1) is 11.1. The third-order valence-corrected chi connectivity index (χ3v) is 2.83. The number of hydrogen-bond donors (Lipinski definition) is 2. The fourth-order valence-corrected chi connectivity index (χ4v) is 1.66. The van der Waals surface area contributed by atoms with Crippen LogP contribution in [0.1, 0.15) is 23.0 Å². The number of rotatable bonds is 6. The SMILES string of the molecule is CC(/C=C/c1ccccc1)=N/NC(=O)CNC(=O)c1ccco1. The minimum atomic E-state index is -0.449. The van der Waals surface area contributed by atoms with Gasteiger partial charge in [0.2, 0.25) is 0 Å². The summed E-state index contributed by atoms with van der Waals surface area (Å²) in [5, 5.41) is 6.37. The predicted molar refractivity (Wildman–Crippen MR) is 87.8 cm³/mol. The van der Waals surface area contributed by atoms with Gasteiger partial charge in [0.25, 0.3) is 11.8 Å². The zero-order valence-corrected chi connectivity index (χ0v) is 12.7. The van der Waals surface area contributed by atoms with Crippen molar-refractivity contribution in [3.05, 3.63) is 66.1 Å². The molecule has 2 N–H and O–H groups in total. The molecule has 0 saturated carbocycles. The first kappa shape index (κ1) is 16.2. The molecule has 0 aliphatic rings. The molecule has 23 heavy (non-hydrogen) atoms. The van der Waals surface area contributed by atoms with Crippen LogP contribution in [0.4, 0.5) is 0 Å². The van der Waals surface area contributed by atoms with Crippen LogP contribution in [0.3, 0.4) is 0 Å². The van der Waals surface area contributed by atoms with Crippen molar-refractivity contribution >= 4 is 23.6 Å². The molecular weight excluding hydrogens is 294 g/mol. The van der Waals surface area contributed by atoms with E-state index in [2.05, 4.69) is 15.8 Å². The van der Waals surface area contributed by atoms with Crippen LogP contribution in [0.5, 0.6) is 0 Å². The summed E-state index contributed by atoms with van der Waals surface area (Å²) in [7, 11) is 0. The number of amides is 2. The van der Waals surface area contributed by atoms with Gasteiger partial charge in [-0.1, -0.05) is 36.4 Å². The zero-order chi connectivity index (χ0) is 16.5. The highest BCUT2D eigenvalue weighted by Crippen LogP contribution is 2.01. The Bertz CT molecular complexity index is 704. The minimum Gasteiger partial charge on any atom is -0.459 e.